The Balaban J connectivity index is 2.21. The average Bonchev–Trinajstić information content (AvgIpc) is 2.25. The molecule has 2 amide bonds. The standard InChI is InChI=1S/C10H15N3O2/c1-2-3-4-5-11-10(15)8-6-13-9(14)7-12-8/h8,12H,4-7H2,1H3,(H,11,15)(H,13,14). The molecule has 1 saturated heterocycles. The second-order valence-electron chi connectivity index (χ2n) is 3.21. The average molecular weight is 209 g/mol. The van der Waals surface area contributed by atoms with E-state index in [0.717, 1.165) is 0 Å². The number of carbonyl (C=O) groups excluding carboxylic acids is 2. The number of rotatable bonds is 3. The quantitative estimate of drug-likeness (QED) is 0.395. The fourth-order valence-corrected chi connectivity index (χ4v) is 1.25. The van der Waals surface area contributed by atoms with Gasteiger partial charge in [-0.05, 0) is 6.92 Å². The van der Waals surface area contributed by atoms with Gasteiger partial charge in [0.1, 0.15) is 6.04 Å². The van der Waals surface area contributed by atoms with Gasteiger partial charge in [0.15, 0.2) is 0 Å². The molecule has 0 saturated carbocycles. The summed E-state index contributed by atoms with van der Waals surface area (Å²) in [6.45, 7) is 2.86. The SMILES string of the molecule is CC#CCCNC(=O)C1CNC(=O)CN1. The van der Waals surface area contributed by atoms with Crippen molar-refractivity contribution in [2.45, 2.75) is 19.4 Å². The van der Waals surface area contributed by atoms with Gasteiger partial charge in [0, 0.05) is 19.5 Å². The Morgan fingerprint density at radius 3 is 3.07 bits per heavy atom. The zero-order valence-electron chi connectivity index (χ0n) is 8.72. The van der Waals surface area contributed by atoms with E-state index in [1.54, 1.807) is 6.92 Å². The van der Waals surface area contributed by atoms with Crippen LogP contribution in [-0.2, 0) is 9.59 Å². The number of hydrogen-bond acceptors (Lipinski definition) is 3. The summed E-state index contributed by atoms with van der Waals surface area (Å²) < 4.78 is 0. The zero-order valence-corrected chi connectivity index (χ0v) is 8.72. The molecule has 1 unspecified atom stereocenters. The summed E-state index contributed by atoms with van der Waals surface area (Å²) in [4.78, 5) is 22.3. The minimum Gasteiger partial charge on any atom is -0.354 e. The first-order valence-electron chi connectivity index (χ1n) is 4.91. The summed E-state index contributed by atoms with van der Waals surface area (Å²) in [5, 5.41) is 8.22. The van der Waals surface area contributed by atoms with Crippen LogP contribution in [0.5, 0.6) is 0 Å². The fraction of sp³-hybridized carbons (Fsp3) is 0.600. The molecular formula is C10H15N3O2. The number of piperazine rings is 1. The molecule has 0 bridgehead atoms. The minimum absolute atomic E-state index is 0.0732. The van der Waals surface area contributed by atoms with Crippen molar-refractivity contribution >= 4 is 11.8 Å². The van der Waals surface area contributed by atoms with E-state index in [-0.39, 0.29) is 24.4 Å². The van der Waals surface area contributed by atoms with Gasteiger partial charge in [-0.3, -0.25) is 14.9 Å². The molecule has 0 aliphatic carbocycles. The van der Waals surface area contributed by atoms with Gasteiger partial charge in [-0.25, -0.2) is 0 Å². The Morgan fingerprint density at radius 1 is 1.67 bits per heavy atom. The lowest BCUT2D eigenvalue weighted by Gasteiger charge is -2.22. The van der Waals surface area contributed by atoms with E-state index in [9.17, 15) is 9.59 Å². The van der Waals surface area contributed by atoms with Crippen molar-refractivity contribution in [2.24, 2.45) is 0 Å². The van der Waals surface area contributed by atoms with Crippen LogP contribution in [-0.4, -0.2) is 37.5 Å². The van der Waals surface area contributed by atoms with Crippen molar-refractivity contribution in [1.29, 1.82) is 0 Å². The van der Waals surface area contributed by atoms with E-state index in [4.69, 9.17) is 0 Å². The van der Waals surface area contributed by atoms with Crippen LogP contribution in [0.25, 0.3) is 0 Å². The van der Waals surface area contributed by atoms with Crippen LogP contribution < -0.4 is 16.0 Å². The molecule has 0 spiro atoms. The molecule has 1 aliphatic heterocycles. The van der Waals surface area contributed by atoms with Gasteiger partial charge in [0.05, 0.1) is 6.54 Å². The van der Waals surface area contributed by atoms with E-state index in [1.165, 1.54) is 0 Å². The molecular weight excluding hydrogens is 194 g/mol. The van der Waals surface area contributed by atoms with Crippen molar-refractivity contribution in [3.05, 3.63) is 0 Å². The second-order valence-corrected chi connectivity index (χ2v) is 3.21. The highest BCUT2D eigenvalue weighted by Gasteiger charge is 2.22. The van der Waals surface area contributed by atoms with Crippen molar-refractivity contribution in [3.8, 4) is 11.8 Å². The van der Waals surface area contributed by atoms with Gasteiger partial charge in [-0.2, -0.15) is 0 Å². The van der Waals surface area contributed by atoms with Gasteiger partial charge in [-0.15, -0.1) is 11.8 Å². The molecule has 0 aromatic heterocycles. The van der Waals surface area contributed by atoms with Crippen molar-refractivity contribution < 1.29 is 9.59 Å². The summed E-state index contributed by atoms with van der Waals surface area (Å²) in [6.07, 6.45) is 0.654. The third-order valence-corrected chi connectivity index (χ3v) is 2.05. The highest BCUT2D eigenvalue weighted by Crippen LogP contribution is 1.88. The van der Waals surface area contributed by atoms with Gasteiger partial charge in [0.2, 0.25) is 11.8 Å². The van der Waals surface area contributed by atoms with Gasteiger partial charge >= 0.3 is 0 Å². The topological polar surface area (TPSA) is 70.2 Å². The summed E-state index contributed by atoms with van der Waals surface area (Å²) in [5.74, 6) is 5.45. The van der Waals surface area contributed by atoms with Crippen LogP contribution in [0.4, 0.5) is 0 Å². The first-order chi connectivity index (χ1) is 7.24. The largest absolute Gasteiger partial charge is 0.354 e. The molecule has 1 fully saturated rings. The minimum atomic E-state index is -0.322. The molecule has 3 N–H and O–H groups in total. The van der Waals surface area contributed by atoms with Crippen LogP contribution in [0.1, 0.15) is 13.3 Å². The van der Waals surface area contributed by atoms with Gasteiger partial charge < -0.3 is 10.6 Å². The predicted molar refractivity (Wildman–Crippen MR) is 55.9 cm³/mol. The molecule has 0 aromatic carbocycles. The van der Waals surface area contributed by atoms with E-state index in [0.29, 0.717) is 19.5 Å². The van der Waals surface area contributed by atoms with E-state index < -0.39 is 0 Å². The molecule has 1 aliphatic rings. The maximum Gasteiger partial charge on any atom is 0.239 e. The van der Waals surface area contributed by atoms with Gasteiger partial charge in [-0.1, -0.05) is 0 Å². The van der Waals surface area contributed by atoms with E-state index in [2.05, 4.69) is 27.8 Å². The summed E-state index contributed by atoms with van der Waals surface area (Å²) in [5.41, 5.74) is 0. The van der Waals surface area contributed by atoms with Crippen LogP contribution >= 0.6 is 0 Å². The third kappa shape index (κ3) is 4.00. The van der Waals surface area contributed by atoms with E-state index >= 15 is 0 Å². The lowest BCUT2D eigenvalue weighted by Crippen LogP contribution is -2.58. The maximum atomic E-state index is 11.5. The highest BCUT2D eigenvalue weighted by molar-refractivity contribution is 5.86. The Morgan fingerprint density at radius 2 is 2.47 bits per heavy atom. The molecule has 5 heteroatoms. The Kier molecular flexibility index (Phi) is 4.64. The number of hydrogen-bond donors (Lipinski definition) is 3. The summed E-state index contributed by atoms with van der Waals surface area (Å²) in [7, 11) is 0. The van der Waals surface area contributed by atoms with Crippen LogP contribution in [0.15, 0.2) is 0 Å². The smallest absolute Gasteiger partial charge is 0.239 e. The maximum absolute atomic E-state index is 11.5. The van der Waals surface area contributed by atoms with Crippen LogP contribution in [0.2, 0.25) is 0 Å². The number of nitrogens with one attached hydrogen (secondary N) is 3. The Labute approximate surface area is 89.0 Å². The lowest BCUT2D eigenvalue weighted by atomic mass is 10.2. The van der Waals surface area contributed by atoms with Crippen LogP contribution in [0, 0.1) is 11.8 Å². The number of amides is 2. The van der Waals surface area contributed by atoms with Crippen molar-refractivity contribution in [2.75, 3.05) is 19.6 Å². The fourth-order valence-electron chi connectivity index (χ4n) is 1.25. The molecule has 1 atom stereocenters. The predicted octanol–water partition coefficient (Wildman–Crippen LogP) is -1.40. The molecule has 1 rings (SSSR count). The second kappa shape index (κ2) is 6.04. The molecule has 0 radical (unpaired) electrons. The molecule has 82 valence electrons. The van der Waals surface area contributed by atoms with Gasteiger partial charge in [0.25, 0.3) is 0 Å². The zero-order chi connectivity index (χ0) is 11.1. The number of carbonyl (C=O) groups is 2. The van der Waals surface area contributed by atoms with Crippen LogP contribution in [0.3, 0.4) is 0 Å². The lowest BCUT2D eigenvalue weighted by molar-refractivity contribution is -0.126. The Bertz CT molecular complexity index is 294. The Hall–Kier alpha value is -1.54. The molecule has 15 heavy (non-hydrogen) atoms. The summed E-state index contributed by atoms with van der Waals surface area (Å²) >= 11 is 0. The van der Waals surface area contributed by atoms with E-state index in [1.807, 2.05) is 0 Å². The summed E-state index contributed by atoms with van der Waals surface area (Å²) in [6, 6.07) is -0.322. The normalized spacial score (nSPS) is 19.8. The third-order valence-electron chi connectivity index (χ3n) is 2.05. The van der Waals surface area contributed by atoms with Crippen molar-refractivity contribution in [1.82, 2.24) is 16.0 Å². The van der Waals surface area contributed by atoms with Crippen molar-refractivity contribution in [3.63, 3.8) is 0 Å². The molecule has 1 heterocycles. The molecule has 5 nitrogen and oxygen atoms in total. The molecule has 0 aromatic rings. The highest BCUT2D eigenvalue weighted by atomic mass is 16.2. The monoisotopic (exact) mass is 209 g/mol. The first kappa shape index (κ1) is 11.5. The first-order valence-corrected chi connectivity index (χ1v) is 4.91.